The Morgan fingerprint density at radius 2 is 2.11 bits per heavy atom. The number of ether oxygens (including phenoxy) is 3. The molecule has 5 rings (SSSR count). The fraction of sp³-hybridized carbons (Fsp3) is 0.375. The van der Waals surface area contributed by atoms with Crippen LogP contribution in [0.15, 0.2) is 29.4 Å². The minimum atomic E-state index is -0.252. The zero-order chi connectivity index (χ0) is 25.8. The highest BCUT2D eigenvalue weighted by molar-refractivity contribution is 7.20. The molecule has 3 aromatic rings. The average Bonchev–Trinajstić information content (AvgIpc) is 3.63. The molecule has 0 saturated carbocycles. The maximum atomic E-state index is 12.7. The first-order valence-corrected chi connectivity index (χ1v) is 12.6. The second kappa shape index (κ2) is 11.0. The van der Waals surface area contributed by atoms with E-state index in [9.17, 15) is 9.59 Å². The summed E-state index contributed by atoms with van der Waals surface area (Å²) in [4.78, 5) is 41.8. The minimum absolute atomic E-state index is 0.0341. The Morgan fingerprint density at radius 3 is 2.92 bits per heavy atom. The van der Waals surface area contributed by atoms with Crippen LogP contribution in [0.25, 0.3) is 10.2 Å². The van der Waals surface area contributed by atoms with E-state index in [1.807, 2.05) is 6.07 Å². The van der Waals surface area contributed by atoms with E-state index in [1.165, 1.54) is 11.3 Å². The third kappa shape index (κ3) is 5.42. The number of hydrogen-bond acceptors (Lipinski definition) is 11. The van der Waals surface area contributed by atoms with E-state index in [0.717, 1.165) is 6.42 Å². The van der Waals surface area contributed by atoms with Gasteiger partial charge in [0.05, 0.1) is 18.0 Å². The number of nitrogens with zero attached hydrogens (tertiary/aromatic N) is 4. The van der Waals surface area contributed by atoms with Gasteiger partial charge in [0.25, 0.3) is 5.91 Å². The fourth-order valence-electron chi connectivity index (χ4n) is 4.06. The highest BCUT2D eigenvalue weighted by atomic mass is 32.1. The number of rotatable bonds is 10. The number of hydrogen-bond donors (Lipinski definition) is 2. The highest BCUT2D eigenvalue weighted by Crippen LogP contribution is 2.34. The van der Waals surface area contributed by atoms with Crippen molar-refractivity contribution < 1.29 is 28.6 Å². The van der Waals surface area contributed by atoms with Gasteiger partial charge < -0.3 is 35.0 Å². The first kappa shape index (κ1) is 24.7. The third-order valence-electron chi connectivity index (χ3n) is 5.88. The van der Waals surface area contributed by atoms with Crippen molar-refractivity contribution in [3.05, 3.63) is 40.4 Å². The number of nitrogens with two attached hydrogens (primary N) is 1. The van der Waals surface area contributed by atoms with Crippen molar-refractivity contribution in [1.82, 2.24) is 20.2 Å². The van der Waals surface area contributed by atoms with Crippen LogP contribution >= 0.6 is 11.3 Å². The van der Waals surface area contributed by atoms with Gasteiger partial charge in [-0.05, 0) is 30.7 Å². The van der Waals surface area contributed by atoms with Gasteiger partial charge in [-0.25, -0.2) is 9.97 Å². The molecule has 0 bridgehead atoms. The normalized spacial score (nSPS) is 15.0. The van der Waals surface area contributed by atoms with Crippen LogP contribution in [0, 0.1) is 0 Å². The van der Waals surface area contributed by atoms with Crippen molar-refractivity contribution in [3.8, 4) is 11.5 Å². The number of thiophene rings is 1. The predicted octanol–water partition coefficient (Wildman–Crippen LogP) is 1.77. The summed E-state index contributed by atoms with van der Waals surface area (Å²) in [6, 6.07) is 7.08. The first-order chi connectivity index (χ1) is 18.0. The van der Waals surface area contributed by atoms with E-state index in [-0.39, 0.29) is 31.2 Å². The van der Waals surface area contributed by atoms with Crippen LogP contribution in [-0.2, 0) is 14.4 Å². The SMILES string of the molecule is COCCNC(=O)c1cc2c(C(=NOCCN3CCCC3=O)c3ccc4c(c3)OCO4)nc(N)nc2s1. The quantitative estimate of drug-likeness (QED) is 0.229. The Labute approximate surface area is 216 Å². The largest absolute Gasteiger partial charge is 0.454 e. The maximum absolute atomic E-state index is 12.7. The predicted molar refractivity (Wildman–Crippen MR) is 136 cm³/mol. The van der Waals surface area contributed by atoms with Gasteiger partial charge in [-0.2, -0.15) is 0 Å². The number of benzene rings is 1. The molecule has 13 heteroatoms. The van der Waals surface area contributed by atoms with Crippen molar-refractivity contribution in [1.29, 1.82) is 0 Å². The number of nitrogens with one attached hydrogen (secondary N) is 1. The van der Waals surface area contributed by atoms with E-state index >= 15 is 0 Å². The number of carbonyl (C=O) groups is 2. The number of aromatic nitrogens is 2. The smallest absolute Gasteiger partial charge is 0.261 e. The van der Waals surface area contributed by atoms with Crippen LogP contribution in [0.3, 0.4) is 0 Å². The molecule has 0 unspecified atom stereocenters. The molecule has 12 nitrogen and oxygen atoms in total. The third-order valence-corrected chi connectivity index (χ3v) is 6.90. The van der Waals surface area contributed by atoms with Crippen molar-refractivity contribution >= 4 is 45.0 Å². The lowest BCUT2D eigenvalue weighted by molar-refractivity contribution is -0.128. The van der Waals surface area contributed by atoms with E-state index in [1.54, 1.807) is 30.2 Å². The van der Waals surface area contributed by atoms with Gasteiger partial charge in [0, 0.05) is 37.6 Å². The summed E-state index contributed by atoms with van der Waals surface area (Å²) in [5.74, 6) is 1.08. The van der Waals surface area contributed by atoms with Gasteiger partial charge in [-0.3, -0.25) is 9.59 Å². The molecule has 2 amide bonds. The second-order valence-corrected chi connectivity index (χ2v) is 9.36. The first-order valence-electron chi connectivity index (χ1n) is 11.8. The van der Waals surface area contributed by atoms with Crippen molar-refractivity contribution in [3.63, 3.8) is 0 Å². The van der Waals surface area contributed by atoms with Gasteiger partial charge in [-0.1, -0.05) is 5.16 Å². The molecular formula is C24H26N6O6S. The molecule has 194 valence electrons. The number of amides is 2. The molecule has 4 heterocycles. The molecule has 0 aliphatic carbocycles. The molecule has 0 spiro atoms. The van der Waals surface area contributed by atoms with Gasteiger partial charge in [0.1, 0.15) is 22.8 Å². The molecule has 37 heavy (non-hydrogen) atoms. The summed E-state index contributed by atoms with van der Waals surface area (Å²) in [6.45, 7) is 2.26. The van der Waals surface area contributed by atoms with Gasteiger partial charge in [-0.15, -0.1) is 11.3 Å². The van der Waals surface area contributed by atoms with Crippen LogP contribution in [0.2, 0.25) is 0 Å². The van der Waals surface area contributed by atoms with Crippen LogP contribution < -0.4 is 20.5 Å². The molecule has 2 aromatic heterocycles. The van der Waals surface area contributed by atoms with Crippen molar-refractivity contribution in [2.45, 2.75) is 12.8 Å². The Bertz CT molecular complexity index is 1360. The molecule has 1 saturated heterocycles. The molecule has 1 fully saturated rings. The summed E-state index contributed by atoms with van der Waals surface area (Å²) < 4.78 is 16.0. The van der Waals surface area contributed by atoms with Crippen LogP contribution in [0.1, 0.15) is 33.8 Å². The lowest BCUT2D eigenvalue weighted by atomic mass is 10.0. The maximum Gasteiger partial charge on any atom is 0.261 e. The minimum Gasteiger partial charge on any atom is -0.454 e. The number of nitrogen functional groups attached to an aromatic ring is 1. The fourth-order valence-corrected chi connectivity index (χ4v) is 5.02. The van der Waals surface area contributed by atoms with Gasteiger partial charge >= 0.3 is 0 Å². The highest BCUT2D eigenvalue weighted by Gasteiger charge is 2.23. The summed E-state index contributed by atoms with van der Waals surface area (Å²) in [5.41, 5.74) is 7.49. The second-order valence-electron chi connectivity index (χ2n) is 8.33. The van der Waals surface area contributed by atoms with E-state index in [0.29, 0.717) is 76.2 Å². The molecule has 2 aliphatic rings. The zero-order valence-corrected chi connectivity index (χ0v) is 21.0. The molecule has 1 aromatic carbocycles. The van der Waals surface area contributed by atoms with Crippen LogP contribution in [0.4, 0.5) is 5.95 Å². The summed E-state index contributed by atoms with van der Waals surface area (Å²) in [7, 11) is 1.57. The summed E-state index contributed by atoms with van der Waals surface area (Å²) in [5, 5.41) is 7.81. The molecular weight excluding hydrogens is 500 g/mol. The average molecular weight is 527 g/mol. The number of likely N-dealkylation sites (tertiary alicyclic amines) is 1. The van der Waals surface area contributed by atoms with E-state index in [4.69, 9.17) is 24.8 Å². The Balaban J connectivity index is 1.49. The summed E-state index contributed by atoms with van der Waals surface area (Å²) in [6.07, 6.45) is 1.41. The zero-order valence-electron chi connectivity index (χ0n) is 20.2. The Kier molecular flexibility index (Phi) is 7.32. The summed E-state index contributed by atoms with van der Waals surface area (Å²) >= 11 is 1.20. The van der Waals surface area contributed by atoms with Gasteiger partial charge in [0.2, 0.25) is 18.6 Å². The van der Waals surface area contributed by atoms with Crippen molar-refractivity contribution in [2.75, 3.05) is 52.5 Å². The lowest BCUT2D eigenvalue weighted by Gasteiger charge is -2.14. The number of methoxy groups -OCH3 is 1. The van der Waals surface area contributed by atoms with Crippen LogP contribution in [0.5, 0.6) is 11.5 Å². The molecule has 3 N–H and O–H groups in total. The molecule has 0 radical (unpaired) electrons. The van der Waals surface area contributed by atoms with E-state index in [2.05, 4.69) is 20.4 Å². The number of anilines is 1. The standard InChI is InChI=1S/C24H26N6O6S/c1-33-9-6-26-22(32)18-12-15-21(27-24(25)28-23(15)37-18)20(14-4-5-16-17(11-14)35-13-34-16)29-36-10-8-30-7-2-3-19(30)31/h4-5,11-12H,2-3,6-10,13H2,1H3,(H,26,32)(H2,25,27,28). The molecule has 0 atom stereocenters. The van der Waals surface area contributed by atoms with Gasteiger partial charge in [0.15, 0.2) is 11.5 Å². The number of fused-ring (bicyclic) bond motifs is 2. The molecule has 2 aliphatic heterocycles. The topological polar surface area (TPSA) is 150 Å². The monoisotopic (exact) mass is 526 g/mol. The Morgan fingerprint density at radius 1 is 1.24 bits per heavy atom. The lowest BCUT2D eigenvalue weighted by Crippen LogP contribution is -2.28. The van der Waals surface area contributed by atoms with Crippen LogP contribution in [-0.4, -0.2) is 79.1 Å². The van der Waals surface area contributed by atoms with Crippen molar-refractivity contribution in [2.24, 2.45) is 5.16 Å². The Hall–Kier alpha value is -3.97. The number of carbonyl (C=O) groups excluding carboxylic acids is 2. The van der Waals surface area contributed by atoms with E-state index < -0.39 is 0 Å². The number of oxime groups is 1.